The molecule has 1 unspecified atom stereocenters. The number of thioether (sulfide) groups is 1. The Kier molecular flexibility index (Phi) is 4.88. The number of hydrogen-bond donors (Lipinski definition) is 1. The zero-order valence-corrected chi connectivity index (χ0v) is 14.1. The van der Waals surface area contributed by atoms with Gasteiger partial charge in [0.1, 0.15) is 5.75 Å². The van der Waals surface area contributed by atoms with Gasteiger partial charge in [-0.15, -0.1) is 11.8 Å². The van der Waals surface area contributed by atoms with Crippen LogP contribution in [-0.4, -0.2) is 18.9 Å². The highest BCUT2D eigenvalue weighted by Gasteiger charge is 2.23. The average Bonchev–Trinajstić information content (AvgIpc) is 2.92. The summed E-state index contributed by atoms with van der Waals surface area (Å²) in [6.07, 6.45) is 0.861. The first-order valence-corrected chi connectivity index (χ1v) is 8.89. The summed E-state index contributed by atoms with van der Waals surface area (Å²) >= 11 is 5.48. The maximum Gasteiger partial charge on any atom is 0.119 e. The fourth-order valence-electron chi connectivity index (χ4n) is 2.55. The van der Waals surface area contributed by atoms with E-state index in [-0.39, 0.29) is 0 Å². The van der Waals surface area contributed by atoms with Crippen LogP contribution in [0.5, 0.6) is 5.75 Å². The van der Waals surface area contributed by atoms with Crippen molar-refractivity contribution < 1.29 is 4.74 Å². The van der Waals surface area contributed by atoms with Gasteiger partial charge in [-0.1, -0.05) is 34.1 Å². The molecule has 1 heterocycles. The van der Waals surface area contributed by atoms with Crippen molar-refractivity contribution >= 4 is 27.7 Å². The van der Waals surface area contributed by atoms with Gasteiger partial charge in [0.05, 0.1) is 6.61 Å². The summed E-state index contributed by atoms with van der Waals surface area (Å²) in [7, 11) is 0. The maximum absolute atomic E-state index is 6.01. The molecule has 0 aliphatic carbocycles. The van der Waals surface area contributed by atoms with E-state index in [1.807, 2.05) is 23.9 Å². The van der Waals surface area contributed by atoms with Crippen LogP contribution in [0.4, 0.5) is 0 Å². The summed E-state index contributed by atoms with van der Waals surface area (Å²) in [4.78, 5) is 1.39. The van der Waals surface area contributed by atoms with Gasteiger partial charge in [0.15, 0.2) is 0 Å². The van der Waals surface area contributed by atoms with Crippen LogP contribution in [0, 0.1) is 0 Å². The second-order valence-electron chi connectivity index (χ2n) is 5.15. The Balaban J connectivity index is 1.67. The maximum atomic E-state index is 6.01. The van der Waals surface area contributed by atoms with Crippen molar-refractivity contribution in [3.63, 3.8) is 0 Å². The highest BCUT2D eigenvalue weighted by molar-refractivity contribution is 9.10. The minimum Gasteiger partial charge on any atom is -0.493 e. The van der Waals surface area contributed by atoms with Gasteiger partial charge in [-0.05, 0) is 48.4 Å². The minimum absolute atomic E-state index is 0.479. The molecule has 110 valence electrons. The van der Waals surface area contributed by atoms with Crippen molar-refractivity contribution in [1.82, 2.24) is 0 Å². The van der Waals surface area contributed by atoms with E-state index in [1.165, 1.54) is 16.0 Å². The summed E-state index contributed by atoms with van der Waals surface area (Å²) in [5, 5.41) is 0. The number of halogens is 1. The molecule has 0 aromatic heterocycles. The van der Waals surface area contributed by atoms with Gasteiger partial charge in [0.2, 0.25) is 0 Å². The van der Waals surface area contributed by atoms with Gasteiger partial charge in [0.25, 0.3) is 0 Å². The Morgan fingerprint density at radius 1 is 1.24 bits per heavy atom. The summed E-state index contributed by atoms with van der Waals surface area (Å²) in [5.74, 6) is 2.51. The van der Waals surface area contributed by atoms with Crippen LogP contribution in [0.15, 0.2) is 51.8 Å². The monoisotopic (exact) mass is 363 g/mol. The lowest BCUT2D eigenvalue weighted by Gasteiger charge is -2.14. The van der Waals surface area contributed by atoms with E-state index in [4.69, 9.17) is 10.5 Å². The van der Waals surface area contributed by atoms with Crippen molar-refractivity contribution in [2.24, 2.45) is 5.73 Å². The SMILES string of the molecule is NCCc1cc(OCC2CSc3ccccc32)ccc1Br. The first-order chi connectivity index (χ1) is 10.3. The lowest BCUT2D eigenvalue weighted by molar-refractivity contribution is 0.297. The van der Waals surface area contributed by atoms with Crippen LogP contribution in [0.3, 0.4) is 0 Å². The molecule has 0 amide bonds. The van der Waals surface area contributed by atoms with Crippen LogP contribution < -0.4 is 10.5 Å². The first-order valence-electron chi connectivity index (χ1n) is 7.11. The Hall–Kier alpha value is -0.970. The Labute approximate surface area is 138 Å². The topological polar surface area (TPSA) is 35.2 Å². The van der Waals surface area contributed by atoms with Crippen molar-refractivity contribution in [3.8, 4) is 5.75 Å². The van der Waals surface area contributed by atoms with Crippen molar-refractivity contribution in [2.45, 2.75) is 17.2 Å². The minimum atomic E-state index is 0.479. The fourth-order valence-corrected chi connectivity index (χ4v) is 4.23. The second kappa shape index (κ2) is 6.86. The lowest BCUT2D eigenvalue weighted by atomic mass is 10.0. The molecule has 0 saturated carbocycles. The zero-order valence-electron chi connectivity index (χ0n) is 11.7. The number of ether oxygens (including phenoxy) is 1. The molecule has 0 radical (unpaired) electrons. The summed E-state index contributed by atoms with van der Waals surface area (Å²) in [5.41, 5.74) is 8.26. The van der Waals surface area contributed by atoms with E-state index >= 15 is 0 Å². The molecule has 0 bridgehead atoms. The molecule has 2 aromatic carbocycles. The molecule has 0 fully saturated rings. The van der Waals surface area contributed by atoms with Crippen LogP contribution in [0.1, 0.15) is 17.0 Å². The molecule has 1 atom stereocenters. The molecule has 0 saturated heterocycles. The smallest absolute Gasteiger partial charge is 0.119 e. The highest BCUT2D eigenvalue weighted by Crippen LogP contribution is 2.39. The Bertz CT molecular complexity index is 632. The molecular formula is C17H18BrNOS. The normalized spacial score (nSPS) is 16.8. The third-order valence-electron chi connectivity index (χ3n) is 3.68. The summed E-state index contributed by atoms with van der Waals surface area (Å²) in [6.45, 7) is 1.38. The zero-order chi connectivity index (χ0) is 14.7. The number of benzene rings is 2. The number of rotatable bonds is 5. The molecule has 21 heavy (non-hydrogen) atoms. The van der Waals surface area contributed by atoms with Crippen LogP contribution in [-0.2, 0) is 6.42 Å². The van der Waals surface area contributed by atoms with Gasteiger partial charge in [0, 0.05) is 21.0 Å². The molecule has 1 aliphatic heterocycles. The fraction of sp³-hybridized carbons (Fsp3) is 0.294. The lowest BCUT2D eigenvalue weighted by Crippen LogP contribution is -2.10. The molecule has 3 rings (SSSR count). The van der Waals surface area contributed by atoms with Gasteiger partial charge in [-0.25, -0.2) is 0 Å². The van der Waals surface area contributed by atoms with E-state index < -0.39 is 0 Å². The highest BCUT2D eigenvalue weighted by atomic mass is 79.9. The molecular weight excluding hydrogens is 346 g/mol. The molecule has 2 aromatic rings. The van der Waals surface area contributed by atoms with Crippen molar-refractivity contribution in [1.29, 1.82) is 0 Å². The Morgan fingerprint density at radius 2 is 2.10 bits per heavy atom. The molecule has 2 nitrogen and oxygen atoms in total. The number of hydrogen-bond acceptors (Lipinski definition) is 3. The van der Waals surface area contributed by atoms with Gasteiger partial charge in [-0.2, -0.15) is 0 Å². The van der Waals surface area contributed by atoms with E-state index in [2.05, 4.69) is 46.3 Å². The summed E-state index contributed by atoms with van der Waals surface area (Å²) in [6, 6.07) is 14.8. The number of fused-ring (bicyclic) bond motifs is 1. The summed E-state index contributed by atoms with van der Waals surface area (Å²) < 4.78 is 7.11. The van der Waals surface area contributed by atoms with Gasteiger partial charge >= 0.3 is 0 Å². The van der Waals surface area contributed by atoms with Crippen molar-refractivity contribution in [3.05, 3.63) is 58.1 Å². The average molecular weight is 364 g/mol. The van der Waals surface area contributed by atoms with Crippen LogP contribution in [0.25, 0.3) is 0 Å². The molecule has 4 heteroatoms. The predicted molar refractivity (Wildman–Crippen MR) is 92.3 cm³/mol. The van der Waals surface area contributed by atoms with Gasteiger partial charge in [-0.3, -0.25) is 0 Å². The van der Waals surface area contributed by atoms with E-state index in [1.54, 1.807) is 0 Å². The van der Waals surface area contributed by atoms with Crippen LogP contribution in [0.2, 0.25) is 0 Å². The van der Waals surface area contributed by atoms with E-state index in [0.29, 0.717) is 12.5 Å². The third-order valence-corrected chi connectivity index (χ3v) is 5.71. The first kappa shape index (κ1) is 14.9. The quantitative estimate of drug-likeness (QED) is 0.863. The van der Waals surface area contributed by atoms with Crippen LogP contribution >= 0.6 is 27.7 Å². The van der Waals surface area contributed by atoms with E-state index in [0.717, 1.165) is 29.0 Å². The largest absolute Gasteiger partial charge is 0.493 e. The number of nitrogens with two attached hydrogens (primary N) is 1. The van der Waals surface area contributed by atoms with E-state index in [9.17, 15) is 0 Å². The standard InChI is InChI=1S/C17H18BrNOS/c18-16-6-5-14(9-12(16)7-8-19)20-10-13-11-21-17-4-2-1-3-15(13)17/h1-6,9,13H,7-8,10-11,19H2. The predicted octanol–water partition coefficient (Wildman–Crippen LogP) is 4.22. The molecule has 0 spiro atoms. The third kappa shape index (κ3) is 3.44. The molecule has 2 N–H and O–H groups in total. The van der Waals surface area contributed by atoms with Gasteiger partial charge < -0.3 is 10.5 Å². The molecule has 1 aliphatic rings. The Morgan fingerprint density at radius 3 is 2.95 bits per heavy atom. The second-order valence-corrected chi connectivity index (χ2v) is 7.06. The van der Waals surface area contributed by atoms with Crippen molar-refractivity contribution in [2.75, 3.05) is 18.9 Å².